The molecule has 0 fully saturated rings. The van der Waals surface area contributed by atoms with E-state index < -0.39 is 17.1 Å². The molecule has 0 saturated heterocycles. The Morgan fingerprint density at radius 3 is 2.43 bits per heavy atom. The zero-order valence-corrected chi connectivity index (χ0v) is 18.0. The van der Waals surface area contributed by atoms with Crippen LogP contribution in [0.2, 0.25) is 0 Å². The van der Waals surface area contributed by atoms with E-state index in [1.165, 1.54) is 6.26 Å². The van der Waals surface area contributed by atoms with E-state index in [2.05, 4.69) is 10.4 Å². The van der Waals surface area contributed by atoms with Gasteiger partial charge in [0.1, 0.15) is 11.9 Å². The van der Waals surface area contributed by atoms with Gasteiger partial charge in [-0.05, 0) is 43.2 Å². The van der Waals surface area contributed by atoms with E-state index in [4.69, 9.17) is 4.18 Å². The van der Waals surface area contributed by atoms with Gasteiger partial charge in [0.15, 0.2) is 11.1 Å². The lowest BCUT2D eigenvalue weighted by Gasteiger charge is -2.19. The van der Waals surface area contributed by atoms with Crippen LogP contribution in [0, 0.1) is 19.7 Å². The third-order valence-corrected chi connectivity index (χ3v) is 4.84. The van der Waals surface area contributed by atoms with Crippen LogP contribution < -0.4 is 5.32 Å². The molecule has 0 aliphatic carbocycles. The van der Waals surface area contributed by atoms with Gasteiger partial charge >= 0.3 is 0 Å². The minimum atomic E-state index is -1.41. The van der Waals surface area contributed by atoms with Crippen LogP contribution >= 0.6 is 0 Å². The molecule has 2 aromatic rings. The maximum atomic E-state index is 13.9. The number of nitrogens with zero attached hydrogens (tertiary/aromatic N) is 2. The lowest BCUT2D eigenvalue weighted by atomic mass is 9.93. The van der Waals surface area contributed by atoms with Crippen molar-refractivity contribution in [2.24, 2.45) is 0 Å². The first-order chi connectivity index (χ1) is 13.0. The third-order valence-electron chi connectivity index (χ3n) is 4.34. The number of rotatable bonds is 7. The van der Waals surface area contributed by atoms with Crippen LogP contribution in [0.15, 0.2) is 24.4 Å². The molecule has 2 rings (SSSR count). The van der Waals surface area contributed by atoms with Gasteiger partial charge < -0.3 is 5.32 Å². The van der Waals surface area contributed by atoms with Crippen molar-refractivity contribution in [3.63, 3.8) is 0 Å². The molecule has 0 spiro atoms. The molecule has 1 aromatic carbocycles. The van der Waals surface area contributed by atoms with Gasteiger partial charge in [-0.3, -0.25) is 13.7 Å². The molecule has 6 nitrogen and oxygen atoms in total. The molecular weight excluding hydrogens is 381 g/mol. The predicted molar refractivity (Wildman–Crippen MR) is 109 cm³/mol. The van der Waals surface area contributed by atoms with Crippen molar-refractivity contribution < 1.29 is 17.6 Å². The van der Waals surface area contributed by atoms with E-state index in [1.54, 1.807) is 36.9 Å². The lowest BCUT2D eigenvalue weighted by molar-refractivity contribution is -0.119. The second-order valence-electron chi connectivity index (χ2n) is 7.87. The van der Waals surface area contributed by atoms with E-state index in [9.17, 15) is 13.4 Å². The van der Waals surface area contributed by atoms with Crippen molar-refractivity contribution >= 4 is 22.7 Å². The molecule has 1 aromatic heterocycles. The van der Waals surface area contributed by atoms with Crippen molar-refractivity contribution in [1.82, 2.24) is 9.78 Å². The number of carbonyl (C=O) groups is 1. The highest BCUT2D eigenvalue weighted by Gasteiger charge is 2.25. The van der Waals surface area contributed by atoms with Crippen LogP contribution in [0.4, 0.5) is 10.1 Å². The largest absolute Gasteiger partial charge is 0.324 e. The second-order valence-corrected chi connectivity index (χ2v) is 8.91. The van der Waals surface area contributed by atoms with Crippen molar-refractivity contribution in [2.45, 2.75) is 52.5 Å². The summed E-state index contributed by atoms with van der Waals surface area (Å²) in [5.41, 5.74) is 2.16. The molecular formula is C20H28FN3O3S. The van der Waals surface area contributed by atoms with Crippen molar-refractivity contribution in [3.05, 3.63) is 47.0 Å². The van der Waals surface area contributed by atoms with Gasteiger partial charge in [0.05, 0.1) is 12.3 Å². The Balaban J connectivity index is 2.26. The molecule has 0 aliphatic rings. The molecule has 0 radical (unpaired) electrons. The minimum absolute atomic E-state index is 0.146. The van der Waals surface area contributed by atoms with Crippen molar-refractivity contribution in [3.8, 4) is 0 Å². The van der Waals surface area contributed by atoms with Crippen molar-refractivity contribution in [2.75, 3.05) is 18.2 Å². The molecule has 0 saturated carbocycles. The maximum Gasteiger partial charge on any atom is 0.249 e. The summed E-state index contributed by atoms with van der Waals surface area (Å²) in [4.78, 5) is 13.0. The monoisotopic (exact) mass is 409 g/mol. The summed E-state index contributed by atoms with van der Waals surface area (Å²) in [6.45, 7) is 9.59. The molecule has 1 N–H and O–H groups in total. The van der Waals surface area contributed by atoms with Crippen LogP contribution in [0.1, 0.15) is 50.1 Å². The Labute approximate surface area is 168 Å². The lowest BCUT2D eigenvalue weighted by Crippen LogP contribution is -2.28. The number of anilines is 1. The first-order valence-electron chi connectivity index (χ1n) is 9.09. The number of aromatic nitrogens is 2. The van der Waals surface area contributed by atoms with E-state index in [0.29, 0.717) is 23.2 Å². The minimum Gasteiger partial charge on any atom is -0.324 e. The molecule has 154 valence electrons. The zero-order chi connectivity index (χ0) is 21.1. The number of nitrogens with one attached hydrogen (secondary N) is 1. The number of benzene rings is 1. The van der Waals surface area contributed by atoms with Crippen LogP contribution in [0.5, 0.6) is 0 Å². The Bertz CT molecular complexity index is 851. The van der Waals surface area contributed by atoms with E-state index in [1.807, 2.05) is 26.8 Å². The average Bonchev–Trinajstić information content (AvgIpc) is 3.06. The summed E-state index contributed by atoms with van der Waals surface area (Å²) in [5.74, 6) is -0.574. The van der Waals surface area contributed by atoms with Crippen molar-refractivity contribution in [1.29, 1.82) is 0 Å². The smallest absolute Gasteiger partial charge is 0.249 e. The number of hydrogen-bond donors (Lipinski definition) is 1. The van der Waals surface area contributed by atoms with Crippen LogP contribution in [0.3, 0.4) is 0 Å². The molecule has 1 amide bonds. The summed E-state index contributed by atoms with van der Waals surface area (Å²) < 4.78 is 31.8. The fourth-order valence-corrected chi connectivity index (χ4v) is 3.15. The molecule has 0 aliphatic heterocycles. The normalized spacial score (nSPS) is 14.0. The summed E-state index contributed by atoms with van der Waals surface area (Å²) in [6.07, 6.45) is 3.50. The van der Waals surface area contributed by atoms with E-state index in [-0.39, 0.29) is 23.7 Å². The first-order valence-corrected chi connectivity index (χ1v) is 10.6. The summed E-state index contributed by atoms with van der Waals surface area (Å²) in [5, 5.41) is 7.39. The third kappa shape index (κ3) is 5.72. The Morgan fingerprint density at radius 2 is 1.93 bits per heavy atom. The fourth-order valence-electron chi connectivity index (χ4n) is 2.82. The molecule has 8 heteroatoms. The molecule has 2 atom stereocenters. The number of amides is 1. The Morgan fingerprint density at radius 1 is 1.32 bits per heavy atom. The number of aryl methyl sites for hydroxylation is 2. The first kappa shape index (κ1) is 22.2. The highest BCUT2D eigenvalue weighted by atomic mass is 32.2. The quantitative estimate of drug-likeness (QED) is 0.755. The predicted octanol–water partition coefficient (Wildman–Crippen LogP) is 3.82. The average molecular weight is 410 g/mol. The van der Waals surface area contributed by atoms with Gasteiger partial charge in [-0.2, -0.15) is 5.10 Å². The fraction of sp³-hybridized carbons (Fsp3) is 0.500. The van der Waals surface area contributed by atoms with Crippen LogP contribution in [0.25, 0.3) is 0 Å². The van der Waals surface area contributed by atoms with E-state index >= 15 is 0 Å². The van der Waals surface area contributed by atoms with Gasteiger partial charge in [-0.1, -0.05) is 20.8 Å². The van der Waals surface area contributed by atoms with Gasteiger partial charge in [0.2, 0.25) is 5.91 Å². The summed E-state index contributed by atoms with van der Waals surface area (Å²) >= 11 is -1.41. The maximum absolute atomic E-state index is 13.9. The van der Waals surface area contributed by atoms with Gasteiger partial charge in [0, 0.05) is 30.0 Å². The second kappa shape index (κ2) is 8.96. The highest BCUT2D eigenvalue weighted by Crippen LogP contribution is 2.24. The SMILES string of the molecule is Cc1cc(NC(=O)C(CCOS(C)=O)n2ccc(C(C)(C)C)n2)cc(C)c1F. The molecule has 0 bridgehead atoms. The Hall–Kier alpha value is -2.06. The van der Waals surface area contributed by atoms with Gasteiger partial charge in [0.25, 0.3) is 0 Å². The molecule has 1 heterocycles. The molecule has 28 heavy (non-hydrogen) atoms. The number of halogens is 1. The highest BCUT2D eigenvalue weighted by molar-refractivity contribution is 7.79. The van der Waals surface area contributed by atoms with E-state index in [0.717, 1.165) is 5.69 Å². The standard InChI is InChI=1S/C20H28FN3O3S/c1-13-11-15(12-14(2)18(13)21)22-19(25)16(8-10-27-28(6)26)24-9-7-17(23-24)20(3,4)5/h7,9,11-12,16H,8,10H2,1-6H3,(H,22,25). The Kier molecular flexibility index (Phi) is 7.11. The topological polar surface area (TPSA) is 73.2 Å². The number of carbonyl (C=O) groups excluding carboxylic acids is 1. The number of hydrogen-bond acceptors (Lipinski definition) is 4. The van der Waals surface area contributed by atoms with Gasteiger partial charge in [-0.25, -0.2) is 8.60 Å². The van der Waals surface area contributed by atoms with Crippen LogP contribution in [-0.4, -0.2) is 32.8 Å². The zero-order valence-electron chi connectivity index (χ0n) is 17.2. The van der Waals surface area contributed by atoms with Crippen LogP contribution in [-0.2, 0) is 25.5 Å². The molecule has 2 unspecified atom stereocenters. The van der Waals surface area contributed by atoms with Gasteiger partial charge in [-0.15, -0.1) is 0 Å². The summed E-state index contributed by atoms with van der Waals surface area (Å²) in [7, 11) is 0. The summed E-state index contributed by atoms with van der Waals surface area (Å²) in [6, 6.07) is 4.42.